The van der Waals surface area contributed by atoms with E-state index in [0.29, 0.717) is 4.47 Å². The summed E-state index contributed by atoms with van der Waals surface area (Å²) in [5.41, 5.74) is -0.289. The fourth-order valence-electron chi connectivity index (χ4n) is 0.984. The van der Waals surface area contributed by atoms with Gasteiger partial charge in [-0.25, -0.2) is 4.79 Å². The molecule has 0 fully saturated rings. The maximum Gasteiger partial charge on any atom is 0.573 e. The summed E-state index contributed by atoms with van der Waals surface area (Å²) in [7, 11) is 1.07. The average molecular weight is 299 g/mol. The highest BCUT2D eigenvalue weighted by atomic mass is 79.9. The minimum atomic E-state index is -4.86. The Hall–Kier alpha value is -1.24. The number of benzene rings is 1. The smallest absolute Gasteiger partial charge is 0.465 e. The Morgan fingerprint density at radius 2 is 2.00 bits per heavy atom. The lowest BCUT2D eigenvalue weighted by Crippen LogP contribution is -2.19. The van der Waals surface area contributed by atoms with E-state index in [2.05, 4.69) is 25.4 Å². The Bertz CT molecular complexity index is 403. The van der Waals surface area contributed by atoms with Gasteiger partial charge in [-0.2, -0.15) is 0 Å². The van der Waals surface area contributed by atoms with Gasteiger partial charge in [0.1, 0.15) is 11.3 Å². The Morgan fingerprint density at radius 1 is 1.38 bits per heavy atom. The third-order valence-corrected chi connectivity index (χ3v) is 2.07. The molecule has 0 aromatic heterocycles. The number of ether oxygens (including phenoxy) is 2. The van der Waals surface area contributed by atoms with Crippen LogP contribution in [0.2, 0.25) is 0 Å². The van der Waals surface area contributed by atoms with E-state index < -0.39 is 18.1 Å². The van der Waals surface area contributed by atoms with Gasteiger partial charge in [-0.15, -0.1) is 13.2 Å². The summed E-state index contributed by atoms with van der Waals surface area (Å²) in [6.45, 7) is 0. The minimum absolute atomic E-state index is 0.289. The van der Waals surface area contributed by atoms with E-state index in [1.54, 1.807) is 0 Å². The lowest BCUT2D eigenvalue weighted by atomic mass is 10.2. The van der Waals surface area contributed by atoms with Crippen LogP contribution < -0.4 is 4.74 Å². The van der Waals surface area contributed by atoms with E-state index in [1.165, 1.54) is 12.1 Å². The van der Waals surface area contributed by atoms with Crippen LogP contribution in [0.3, 0.4) is 0 Å². The van der Waals surface area contributed by atoms with Gasteiger partial charge in [-0.1, -0.05) is 15.9 Å². The topological polar surface area (TPSA) is 35.5 Å². The van der Waals surface area contributed by atoms with Gasteiger partial charge in [-0.3, -0.25) is 0 Å². The highest BCUT2D eigenvalue weighted by molar-refractivity contribution is 9.10. The van der Waals surface area contributed by atoms with Crippen molar-refractivity contribution in [2.45, 2.75) is 6.36 Å². The van der Waals surface area contributed by atoms with E-state index in [9.17, 15) is 18.0 Å². The summed E-state index contributed by atoms with van der Waals surface area (Å²) >= 11 is 2.98. The van der Waals surface area contributed by atoms with Crippen LogP contribution in [0.25, 0.3) is 0 Å². The molecule has 0 saturated carbocycles. The van der Waals surface area contributed by atoms with Crippen LogP contribution >= 0.6 is 15.9 Å². The number of hydrogen-bond acceptors (Lipinski definition) is 3. The van der Waals surface area contributed by atoms with Crippen LogP contribution in [0.15, 0.2) is 22.7 Å². The fraction of sp³-hybridized carbons (Fsp3) is 0.222. The van der Waals surface area contributed by atoms with Crippen molar-refractivity contribution in [2.24, 2.45) is 0 Å². The molecule has 0 aliphatic carbocycles. The molecule has 0 aliphatic heterocycles. The quantitative estimate of drug-likeness (QED) is 0.787. The second kappa shape index (κ2) is 4.73. The van der Waals surface area contributed by atoms with Gasteiger partial charge in [0.15, 0.2) is 0 Å². The molecule has 0 unspecified atom stereocenters. The molecule has 88 valence electrons. The van der Waals surface area contributed by atoms with Crippen LogP contribution in [-0.2, 0) is 4.74 Å². The number of hydrogen-bond donors (Lipinski definition) is 0. The molecule has 1 aromatic carbocycles. The van der Waals surface area contributed by atoms with E-state index >= 15 is 0 Å². The monoisotopic (exact) mass is 298 g/mol. The largest absolute Gasteiger partial charge is 0.573 e. The zero-order valence-electron chi connectivity index (χ0n) is 7.97. The molecule has 1 aromatic rings. The molecule has 0 aliphatic rings. The van der Waals surface area contributed by atoms with Gasteiger partial charge in [0.05, 0.1) is 7.11 Å². The first-order valence-corrected chi connectivity index (χ1v) is 4.76. The maximum atomic E-state index is 12.0. The minimum Gasteiger partial charge on any atom is -0.465 e. The van der Waals surface area contributed by atoms with Crippen molar-refractivity contribution in [3.63, 3.8) is 0 Å². The molecule has 0 N–H and O–H groups in total. The molecule has 0 spiro atoms. The van der Waals surface area contributed by atoms with E-state index in [4.69, 9.17) is 0 Å². The first-order valence-electron chi connectivity index (χ1n) is 3.97. The second-order valence-electron chi connectivity index (χ2n) is 2.68. The Labute approximate surface area is 97.3 Å². The number of esters is 1. The molecule has 0 saturated heterocycles. The summed E-state index contributed by atoms with van der Waals surface area (Å²) in [4.78, 5) is 11.1. The molecular weight excluding hydrogens is 293 g/mol. The van der Waals surface area contributed by atoms with Crippen molar-refractivity contribution in [2.75, 3.05) is 7.11 Å². The zero-order chi connectivity index (χ0) is 12.3. The van der Waals surface area contributed by atoms with Crippen LogP contribution in [0, 0.1) is 0 Å². The summed E-state index contributed by atoms with van der Waals surface area (Å²) in [5, 5.41) is 0. The van der Waals surface area contributed by atoms with Gasteiger partial charge < -0.3 is 9.47 Å². The van der Waals surface area contributed by atoms with E-state index in [1.807, 2.05) is 0 Å². The molecule has 7 heteroatoms. The van der Waals surface area contributed by atoms with Gasteiger partial charge >= 0.3 is 12.3 Å². The molecule has 0 heterocycles. The highest BCUT2D eigenvalue weighted by Crippen LogP contribution is 2.29. The zero-order valence-corrected chi connectivity index (χ0v) is 9.55. The second-order valence-corrected chi connectivity index (χ2v) is 3.60. The first kappa shape index (κ1) is 12.8. The molecule has 0 radical (unpaired) electrons. The average Bonchev–Trinajstić information content (AvgIpc) is 2.14. The van der Waals surface area contributed by atoms with Gasteiger partial charge in [0.25, 0.3) is 0 Å². The summed E-state index contributed by atoms with van der Waals surface area (Å²) < 4.78 is 44.5. The van der Waals surface area contributed by atoms with Crippen molar-refractivity contribution in [1.29, 1.82) is 0 Å². The van der Waals surface area contributed by atoms with Crippen LogP contribution in [-0.4, -0.2) is 19.4 Å². The van der Waals surface area contributed by atoms with Crippen molar-refractivity contribution < 1.29 is 27.4 Å². The summed E-state index contributed by atoms with van der Waals surface area (Å²) in [6.07, 6.45) is -4.86. The molecule has 0 bridgehead atoms. The number of carbonyl (C=O) groups excluding carboxylic acids is 1. The molecule has 0 amide bonds. The number of halogens is 4. The molecule has 3 nitrogen and oxygen atoms in total. The SMILES string of the molecule is COC(=O)c1ccc(Br)cc1OC(F)(F)F. The lowest BCUT2D eigenvalue weighted by molar-refractivity contribution is -0.274. The first-order chi connectivity index (χ1) is 7.33. The molecule has 1 rings (SSSR count). The van der Waals surface area contributed by atoms with Gasteiger partial charge in [-0.05, 0) is 18.2 Å². The summed E-state index contributed by atoms with van der Waals surface area (Å²) in [6, 6.07) is 3.63. The predicted octanol–water partition coefficient (Wildman–Crippen LogP) is 3.13. The number of alkyl halides is 3. The van der Waals surface area contributed by atoms with Gasteiger partial charge in [0, 0.05) is 4.47 Å². The maximum absolute atomic E-state index is 12.0. The molecule has 16 heavy (non-hydrogen) atoms. The Balaban J connectivity index is 3.13. The predicted molar refractivity (Wildman–Crippen MR) is 52.2 cm³/mol. The van der Waals surface area contributed by atoms with Crippen molar-refractivity contribution in [3.8, 4) is 5.75 Å². The highest BCUT2D eigenvalue weighted by Gasteiger charge is 2.33. The Kier molecular flexibility index (Phi) is 3.79. The normalized spacial score (nSPS) is 11.1. The number of carbonyl (C=O) groups is 1. The third-order valence-electron chi connectivity index (χ3n) is 1.57. The van der Waals surface area contributed by atoms with E-state index in [0.717, 1.165) is 13.2 Å². The van der Waals surface area contributed by atoms with Crippen LogP contribution in [0.1, 0.15) is 10.4 Å². The van der Waals surface area contributed by atoms with Crippen LogP contribution in [0.4, 0.5) is 13.2 Å². The third kappa shape index (κ3) is 3.41. The van der Waals surface area contributed by atoms with Crippen molar-refractivity contribution in [1.82, 2.24) is 0 Å². The summed E-state index contributed by atoms with van der Waals surface area (Å²) in [5.74, 6) is -1.50. The van der Waals surface area contributed by atoms with E-state index in [-0.39, 0.29) is 5.56 Å². The molecule has 0 atom stereocenters. The number of rotatable bonds is 2. The number of methoxy groups -OCH3 is 1. The van der Waals surface area contributed by atoms with Crippen molar-refractivity contribution >= 4 is 21.9 Å². The van der Waals surface area contributed by atoms with Gasteiger partial charge in [0.2, 0.25) is 0 Å². The molecular formula is C9H6BrF3O3. The fourth-order valence-corrected chi connectivity index (χ4v) is 1.32. The van der Waals surface area contributed by atoms with Crippen LogP contribution in [0.5, 0.6) is 5.75 Å². The lowest BCUT2D eigenvalue weighted by Gasteiger charge is -2.12. The van der Waals surface area contributed by atoms with Crippen molar-refractivity contribution in [3.05, 3.63) is 28.2 Å². The Morgan fingerprint density at radius 3 is 2.50 bits per heavy atom. The standard InChI is InChI=1S/C9H6BrF3O3/c1-15-8(14)6-3-2-5(10)4-7(6)16-9(11,12)13/h2-4H,1H3.